The van der Waals surface area contributed by atoms with Crippen molar-refractivity contribution in [2.24, 2.45) is 5.84 Å². The molecule has 9 heavy (non-hydrogen) atoms. The van der Waals surface area contributed by atoms with Gasteiger partial charge in [0, 0.05) is 6.54 Å². The fourth-order valence-electron chi connectivity index (χ4n) is 0.0645. The number of hydrazine groups is 1. The zero-order valence-corrected chi connectivity index (χ0v) is 4.74. The average Bonchev–Trinajstić information content (AvgIpc) is 1.66. The first-order valence-corrected chi connectivity index (χ1v) is 2.11. The zero-order valence-electron chi connectivity index (χ0n) is 4.74. The molecule has 0 bridgehead atoms. The van der Waals surface area contributed by atoms with Crippen molar-refractivity contribution < 1.29 is 20.1 Å². The van der Waals surface area contributed by atoms with Gasteiger partial charge in [0.25, 0.3) is 0 Å². The smallest absolute Gasteiger partial charge is 0.450 e. The van der Waals surface area contributed by atoms with E-state index in [9.17, 15) is 0 Å². The van der Waals surface area contributed by atoms with E-state index in [2.05, 4.69) is 5.43 Å². The lowest BCUT2D eigenvalue weighted by molar-refractivity contribution is 0.137. The van der Waals surface area contributed by atoms with Crippen molar-refractivity contribution in [1.82, 2.24) is 5.43 Å². The normalized spacial score (nSPS) is 7.33. The van der Waals surface area contributed by atoms with Crippen LogP contribution >= 0.6 is 0 Å². The molecule has 0 heterocycles. The average molecular weight is 138 g/mol. The van der Waals surface area contributed by atoms with Crippen molar-refractivity contribution in [3.63, 3.8) is 0 Å². The highest BCUT2D eigenvalue weighted by Crippen LogP contribution is 1.42. The number of aliphatic hydroxyl groups excluding tert-OH is 1. The predicted molar refractivity (Wildman–Crippen MR) is 29.9 cm³/mol. The first-order chi connectivity index (χ1) is 4.15. The summed E-state index contributed by atoms with van der Waals surface area (Å²) >= 11 is 0. The molecule has 56 valence electrons. The Morgan fingerprint density at radius 1 is 1.56 bits per heavy atom. The van der Waals surface area contributed by atoms with Crippen LogP contribution in [0.3, 0.4) is 0 Å². The number of aliphatic hydroxyl groups is 1. The summed E-state index contributed by atoms with van der Waals surface area (Å²) in [5, 5.41) is 21.9. The minimum Gasteiger partial charge on any atom is -0.450 e. The lowest BCUT2D eigenvalue weighted by Gasteiger charge is -1.84. The molecule has 0 aliphatic heterocycles. The number of rotatable bonds is 2. The maximum atomic E-state index is 8.56. The van der Waals surface area contributed by atoms with Gasteiger partial charge in [-0.2, -0.15) is 0 Å². The molecule has 0 aromatic rings. The molecule has 0 unspecified atom stereocenters. The number of nitrogens with two attached hydrogens (primary N) is 1. The fraction of sp³-hybridized carbons (Fsp3) is 0.667. The Bertz CT molecular complexity index is 60.8. The number of carboxylic acid groups (broad SMARTS) is 2. The molecule has 0 fully saturated rings. The summed E-state index contributed by atoms with van der Waals surface area (Å²) in [7, 11) is 0. The van der Waals surface area contributed by atoms with Crippen LogP contribution in [0, 0.1) is 0 Å². The highest BCUT2D eigenvalue weighted by molar-refractivity contribution is 5.53. The summed E-state index contributed by atoms with van der Waals surface area (Å²) in [4.78, 5) is 8.56. The van der Waals surface area contributed by atoms with Gasteiger partial charge in [-0.3, -0.25) is 11.3 Å². The van der Waals surface area contributed by atoms with Crippen molar-refractivity contribution in [2.75, 3.05) is 13.2 Å². The minimum absolute atomic E-state index is 0.108. The molecule has 0 spiro atoms. The number of carbonyl (C=O) groups is 1. The van der Waals surface area contributed by atoms with E-state index in [1.807, 2.05) is 0 Å². The van der Waals surface area contributed by atoms with Gasteiger partial charge in [0.1, 0.15) is 0 Å². The van der Waals surface area contributed by atoms with Crippen LogP contribution in [0.2, 0.25) is 0 Å². The lowest BCUT2D eigenvalue weighted by Crippen LogP contribution is -2.24. The molecule has 0 amide bonds. The Balaban J connectivity index is 0. The third-order valence-electron chi connectivity index (χ3n) is 0.256. The molecule has 0 aliphatic carbocycles. The van der Waals surface area contributed by atoms with E-state index < -0.39 is 6.16 Å². The van der Waals surface area contributed by atoms with Gasteiger partial charge in [0.05, 0.1) is 6.61 Å². The molecule has 6 nitrogen and oxygen atoms in total. The van der Waals surface area contributed by atoms with E-state index >= 15 is 0 Å². The number of hydrogen-bond acceptors (Lipinski definition) is 4. The lowest BCUT2D eigenvalue weighted by atomic mass is 10.7. The largest absolute Gasteiger partial charge is 0.503 e. The van der Waals surface area contributed by atoms with Gasteiger partial charge in [-0.25, -0.2) is 4.79 Å². The van der Waals surface area contributed by atoms with Crippen molar-refractivity contribution in [1.29, 1.82) is 0 Å². The SMILES string of the molecule is NNCCO.O=C(O)O. The fourth-order valence-corrected chi connectivity index (χ4v) is 0.0645. The van der Waals surface area contributed by atoms with Gasteiger partial charge >= 0.3 is 6.16 Å². The van der Waals surface area contributed by atoms with Crippen LogP contribution in [0.15, 0.2) is 0 Å². The molecule has 0 atom stereocenters. The Hall–Kier alpha value is -0.850. The molecule has 0 saturated carbocycles. The highest BCUT2D eigenvalue weighted by atomic mass is 16.6. The van der Waals surface area contributed by atoms with Crippen molar-refractivity contribution in [3.8, 4) is 0 Å². The Kier molecular flexibility index (Phi) is 12.5. The molecule has 6 heteroatoms. The van der Waals surface area contributed by atoms with Crippen LogP contribution in [0.1, 0.15) is 0 Å². The molecular formula is C3H10N2O4. The number of hydrogen-bond donors (Lipinski definition) is 5. The highest BCUT2D eigenvalue weighted by Gasteiger charge is 1.70. The summed E-state index contributed by atoms with van der Waals surface area (Å²) in [5.41, 5.74) is 2.27. The van der Waals surface area contributed by atoms with E-state index in [0.29, 0.717) is 6.54 Å². The zero-order chi connectivity index (χ0) is 7.70. The minimum atomic E-state index is -1.83. The summed E-state index contributed by atoms with van der Waals surface area (Å²) in [6, 6.07) is 0. The van der Waals surface area contributed by atoms with Gasteiger partial charge in [-0.15, -0.1) is 0 Å². The van der Waals surface area contributed by atoms with E-state index in [1.165, 1.54) is 0 Å². The summed E-state index contributed by atoms with van der Waals surface area (Å²) in [6.07, 6.45) is -1.83. The summed E-state index contributed by atoms with van der Waals surface area (Å²) in [6.45, 7) is 0.580. The Labute approximate surface area is 51.9 Å². The second kappa shape index (κ2) is 10.2. The third kappa shape index (κ3) is 143. The third-order valence-corrected chi connectivity index (χ3v) is 0.256. The van der Waals surface area contributed by atoms with E-state index in [4.69, 9.17) is 26.0 Å². The van der Waals surface area contributed by atoms with Crippen LogP contribution in [-0.4, -0.2) is 34.6 Å². The van der Waals surface area contributed by atoms with Crippen LogP contribution in [0.4, 0.5) is 4.79 Å². The van der Waals surface area contributed by atoms with Crippen LogP contribution < -0.4 is 11.3 Å². The van der Waals surface area contributed by atoms with Crippen molar-refractivity contribution >= 4 is 6.16 Å². The van der Waals surface area contributed by atoms with Crippen LogP contribution in [0.5, 0.6) is 0 Å². The van der Waals surface area contributed by atoms with Gasteiger partial charge in [-0.1, -0.05) is 0 Å². The summed E-state index contributed by atoms with van der Waals surface area (Å²) in [5.74, 6) is 4.73. The van der Waals surface area contributed by atoms with Crippen LogP contribution in [-0.2, 0) is 0 Å². The van der Waals surface area contributed by atoms with E-state index in [-0.39, 0.29) is 6.61 Å². The quantitative estimate of drug-likeness (QED) is 0.238. The van der Waals surface area contributed by atoms with Gasteiger partial charge < -0.3 is 15.3 Å². The number of nitrogens with one attached hydrogen (secondary N) is 1. The second-order valence-corrected chi connectivity index (χ2v) is 0.960. The molecule has 0 saturated heterocycles. The molecule has 0 aromatic heterocycles. The maximum Gasteiger partial charge on any atom is 0.503 e. The molecule has 0 radical (unpaired) electrons. The van der Waals surface area contributed by atoms with E-state index in [0.717, 1.165) is 0 Å². The standard InChI is InChI=1S/C2H8N2O.CH2O3/c3-4-1-2-5;2-1(3)4/h4-5H,1-3H2;(H2,2,3,4). The first kappa shape index (κ1) is 11.0. The topological polar surface area (TPSA) is 116 Å². The molecular weight excluding hydrogens is 128 g/mol. The van der Waals surface area contributed by atoms with Crippen molar-refractivity contribution in [2.45, 2.75) is 0 Å². The molecule has 0 aliphatic rings. The molecule has 0 aromatic carbocycles. The maximum absolute atomic E-state index is 8.56. The van der Waals surface area contributed by atoms with E-state index in [1.54, 1.807) is 0 Å². The Morgan fingerprint density at radius 3 is 1.89 bits per heavy atom. The molecule has 6 N–H and O–H groups in total. The summed E-state index contributed by atoms with van der Waals surface area (Å²) < 4.78 is 0. The molecule has 0 rings (SSSR count). The first-order valence-electron chi connectivity index (χ1n) is 2.11. The van der Waals surface area contributed by atoms with Gasteiger partial charge in [0.2, 0.25) is 0 Å². The predicted octanol–water partition coefficient (Wildman–Crippen LogP) is -1.34. The van der Waals surface area contributed by atoms with Gasteiger partial charge in [0.15, 0.2) is 0 Å². The monoisotopic (exact) mass is 138 g/mol. The van der Waals surface area contributed by atoms with Crippen molar-refractivity contribution in [3.05, 3.63) is 0 Å². The van der Waals surface area contributed by atoms with Gasteiger partial charge in [-0.05, 0) is 0 Å². The Morgan fingerprint density at radius 2 is 1.89 bits per heavy atom. The second-order valence-electron chi connectivity index (χ2n) is 0.960. The van der Waals surface area contributed by atoms with Crippen LogP contribution in [0.25, 0.3) is 0 Å².